The van der Waals surface area contributed by atoms with E-state index in [9.17, 15) is 18.4 Å². The van der Waals surface area contributed by atoms with Crippen LogP contribution in [-0.4, -0.2) is 40.2 Å². The maximum absolute atomic E-state index is 13.4. The highest BCUT2D eigenvalue weighted by Crippen LogP contribution is 2.30. The minimum Gasteiger partial charge on any atom is -0.368 e. The molecule has 3 aromatic rings. The summed E-state index contributed by atoms with van der Waals surface area (Å²) in [6.07, 6.45) is -2.95. The van der Waals surface area contributed by atoms with Crippen LogP contribution in [0.2, 0.25) is 0 Å². The van der Waals surface area contributed by atoms with Crippen molar-refractivity contribution in [1.29, 1.82) is 0 Å². The zero-order valence-electron chi connectivity index (χ0n) is 17.5. The molecule has 2 aromatic carbocycles. The van der Waals surface area contributed by atoms with Gasteiger partial charge in [0.1, 0.15) is 5.69 Å². The number of nitrogens with zero attached hydrogens (tertiary/aromatic N) is 3. The number of carbonyl (C=O) groups excluding carboxylic acids is 2. The highest BCUT2D eigenvalue weighted by molar-refractivity contribution is 6.05. The van der Waals surface area contributed by atoms with Gasteiger partial charge < -0.3 is 16.0 Å². The average molecular weight is 439 g/mol. The van der Waals surface area contributed by atoms with Crippen molar-refractivity contribution in [2.45, 2.75) is 38.3 Å². The Morgan fingerprint density at radius 2 is 1.78 bits per heavy atom. The molecule has 166 valence electrons. The quantitative estimate of drug-likeness (QED) is 0.614. The first kappa shape index (κ1) is 21.6. The summed E-state index contributed by atoms with van der Waals surface area (Å²) in [5, 5.41) is 2.96. The van der Waals surface area contributed by atoms with Crippen molar-refractivity contribution >= 4 is 28.7 Å². The number of hydrogen-bond acceptors (Lipinski definition) is 5. The third kappa shape index (κ3) is 4.23. The summed E-state index contributed by atoms with van der Waals surface area (Å²) in [6.45, 7) is 0.907. The van der Waals surface area contributed by atoms with Crippen molar-refractivity contribution in [2.75, 3.05) is 12.8 Å². The van der Waals surface area contributed by atoms with E-state index < -0.39 is 18.8 Å². The van der Waals surface area contributed by atoms with E-state index in [1.54, 1.807) is 23.1 Å². The molecule has 0 bridgehead atoms. The highest BCUT2D eigenvalue weighted by atomic mass is 19.3. The van der Waals surface area contributed by atoms with Gasteiger partial charge in [-0.25, -0.2) is 18.7 Å². The van der Waals surface area contributed by atoms with Crippen LogP contribution >= 0.6 is 0 Å². The Morgan fingerprint density at radius 3 is 2.41 bits per heavy atom. The van der Waals surface area contributed by atoms with Crippen LogP contribution in [0.5, 0.6) is 0 Å². The van der Waals surface area contributed by atoms with Crippen molar-refractivity contribution in [3.05, 3.63) is 64.8 Å². The fourth-order valence-corrected chi connectivity index (χ4v) is 4.09. The number of carbonyl (C=O) groups is 2. The number of hydrogen-bond donors (Lipinski definition) is 2. The maximum Gasteiger partial charge on any atom is 0.273 e. The lowest BCUT2D eigenvalue weighted by Gasteiger charge is -2.19. The summed E-state index contributed by atoms with van der Waals surface area (Å²) in [5.74, 6) is -1.49. The number of alkyl halides is 2. The lowest BCUT2D eigenvalue weighted by atomic mass is 9.92. The molecule has 7 nitrogen and oxygen atoms in total. The number of halogens is 2. The molecular weight excluding hydrogens is 416 g/mol. The molecule has 1 aliphatic heterocycles. The van der Waals surface area contributed by atoms with Crippen LogP contribution in [0.25, 0.3) is 10.9 Å². The van der Waals surface area contributed by atoms with Crippen molar-refractivity contribution in [3.63, 3.8) is 0 Å². The number of anilines is 1. The summed E-state index contributed by atoms with van der Waals surface area (Å²) >= 11 is 0. The largest absolute Gasteiger partial charge is 0.368 e. The Balaban J connectivity index is 1.73. The molecule has 0 spiro atoms. The van der Waals surface area contributed by atoms with Crippen LogP contribution in [0, 0.1) is 0 Å². The smallest absolute Gasteiger partial charge is 0.273 e. The van der Waals surface area contributed by atoms with Crippen LogP contribution in [0.3, 0.4) is 0 Å². The summed E-state index contributed by atoms with van der Waals surface area (Å²) < 4.78 is 25.6. The SMILES string of the molecule is CNC(=O)C(CCC(F)F)c1ccc2nc(N)nc(C(=O)N3Cc4ccccc4C3)c2c1. The van der Waals surface area contributed by atoms with E-state index in [2.05, 4.69) is 15.3 Å². The first-order valence-corrected chi connectivity index (χ1v) is 10.3. The van der Waals surface area contributed by atoms with Crippen LogP contribution in [0.1, 0.15) is 45.9 Å². The predicted molar refractivity (Wildman–Crippen MR) is 116 cm³/mol. The molecule has 2 heterocycles. The molecule has 1 unspecified atom stereocenters. The van der Waals surface area contributed by atoms with Gasteiger partial charge in [0.15, 0.2) is 0 Å². The number of nitrogens with one attached hydrogen (secondary N) is 1. The van der Waals surface area contributed by atoms with Crippen LogP contribution < -0.4 is 11.1 Å². The van der Waals surface area contributed by atoms with Gasteiger partial charge in [0.05, 0.1) is 11.4 Å². The van der Waals surface area contributed by atoms with E-state index in [1.807, 2.05) is 24.3 Å². The third-order valence-corrected chi connectivity index (χ3v) is 5.71. The summed E-state index contributed by atoms with van der Waals surface area (Å²) in [6, 6.07) is 12.7. The molecule has 1 aromatic heterocycles. The normalized spacial score (nSPS) is 13.9. The number of benzene rings is 2. The monoisotopic (exact) mass is 439 g/mol. The zero-order chi connectivity index (χ0) is 22.8. The van der Waals surface area contributed by atoms with Crippen LogP contribution in [0.15, 0.2) is 42.5 Å². The van der Waals surface area contributed by atoms with Gasteiger partial charge in [0, 0.05) is 31.9 Å². The van der Waals surface area contributed by atoms with Gasteiger partial charge in [0.25, 0.3) is 5.91 Å². The maximum atomic E-state index is 13.4. The number of rotatable bonds is 6. The summed E-state index contributed by atoms with van der Waals surface area (Å²) in [7, 11) is 1.46. The molecule has 3 N–H and O–H groups in total. The first-order valence-electron chi connectivity index (χ1n) is 10.3. The summed E-state index contributed by atoms with van der Waals surface area (Å²) in [5.41, 5.74) is 9.09. The molecule has 9 heteroatoms. The van der Waals surface area contributed by atoms with Gasteiger partial charge in [-0.15, -0.1) is 0 Å². The van der Waals surface area contributed by atoms with E-state index in [4.69, 9.17) is 5.73 Å². The number of nitrogen functional groups attached to an aromatic ring is 1. The molecule has 1 aliphatic rings. The van der Waals surface area contributed by atoms with Gasteiger partial charge in [0.2, 0.25) is 18.3 Å². The Kier molecular flexibility index (Phi) is 5.98. The molecule has 4 rings (SSSR count). The third-order valence-electron chi connectivity index (χ3n) is 5.71. The van der Waals surface area contributed by atoms with Gasteiger partial charge in [-0.2, -0.15) is 0 Å². The Hall–Kier alpha value is -3.62. The van der Waals surface area contributed by atoms with Crippen molar-refractivity contribution in [3.8, 4) is 0 Å². The molecule has 1 atom stereocenters. The van der Waals surface area contributed by atoms with E-state index in [1.165, 1.54) is 7.05 Å². The van der Waals surface area contributed by atoms with Crippen molar-refractivity contribution < 1.29 is 18.4 Å². The van der Waals surface area contributed by atoms with Crippen molar-refractivity contribution in [1.82, 2.24) is 20.2 Å². The second kappa shape index (κ2) is 8.86. The lowest BCUT2D eigenvalue weighted by molar-refractivity contribution is -0.122. The van der Waals surface area contributed by atoms with Crippen molar-refractivity contribution in [2.24, 2.45) is 0 Å². The Labute approximate surface area is 183 Å². The number of aromatic nitrogens is 2. The molecule has 0 saturated heterocycles. The molecular formula is C23H23F2N5O2. The van der Waals surface area contributed by atoms with E-state index >= 15 is 0 Å². The number of fused-ring (bicyclic) bond motifs is 2. The number of likely N-dealkylation sites (N-methyl/N-ethyl adjacent to an activating group) is 1. The molecule has 0 fully saturated rings. The molecule has 0 aliphatic carbocycles. The van der Waals surface area contributed by atoms with Gasteiger partial charge in [-0.05, 0) is 35.2 Å². The van der Waals surface area contributed by atoms with Gasteiger partial charge >= 0.3 is 0 Å². The Bertz CT molecular complexity index is 1160. The predicted octanol–water partition coefficient (Wildman–Crippen LogP) is 3.24. The molecule has 0 radical (unpaired) electrons. The number of nitrogens with two attached hydrogens (primary N) is 1. The zero-order valence-corrected chi connectivity index (χ0v) is 17.5. The second-order valence-corrected chi connectivity index (χ2v) is 7.77. The fourth-order valence-electron chi connectivity index (χ4n) is 4.09. The minimum absolute atomic E-state index is 0.0244. The van der Waals surface area contributed by atoms with E-state index in [0.29, 0.717) is 29.6 Å². The lowest BCUT2D eigenvalue weighted by Crippen LogP contribution is -2.27. The topological polar surface area (TPSA) is 101 Å². The summed E-state index contributed by atoms with van der Waals surface area (Å²) in [4.78, 5) is 35.8. The molecule has 0 saturated carbocycles. The second-order valence-electron chi connectivity index (χ2n) is 7.77. The van der Waals surface area contributed by atoms with E-state index in [0.717, 1.165) is 11.1 Å². The highest BCUT2D eigenvalue weighted by Gasteiger charge is 2.28. The fraction of sp³-hybridized carbons (Fsp3) is 0.304. The molecule has 2 amide bonds. The average Bonchev–Trinajstić information content (AvgIpc) is 3.22. The van der Waals surface area contributed by atoms with E-state index in [-0.39, 0.29) is 29.9 Å². The van der Waals surface area contributed by atoms with Crippen LogP contribution in [0.4, 0.5) is 14.7 Å². The first-order chi connectivity index (χ1) is 15.4. The van der Waals surface area contributed by atoms with Crippen LogP contribution in [-0.2, 0) is 17.9 Å². The van der Waals surface area contributed by atoms with Gasteiger partial charge in [-0.3, -0.25) is 9.59 Å². The van der Waals surface area contributed by atoms with Gasteiger partial charge in [-0.1, -0.05) is 30.3 Å². The number of amides is 2. The standard InChI is InChI=1S/C23H23F2N5O2/c1-27-21(31)16(7-9-19(24)25)13-6-8-18-17(10-13)20(29-23(26)28-18)22(32)30-11-14-4-2-3-5-15(14)12-30/h2-6,8,10,16,19H,7,9,11-12H2,1H3,(H,27,31)(H2,26,28,29). The minimum atomic E-state index is -2.51. The molecule has 32 heavy (non-hydrogen) atoms. The Morgan fingerprint density at radius 1 is 1.09 bits per heavy atom.